The van der Waals surface area contributed by atoms with Gasteiger partial charge in [0.05, 0.1) is 11.6 Å². The molecule has 0 amide bonds. The molecule has 2 nitrogen and oxygen atoms in total. The quantitative estimate of drug-likeness (QED) is 0.774. The molecule has 0 fully saturated rings. The molecule has 1 atom stereocenters. The van der Waals surface area contributed by atoms with Gasteiger partial charge < -0.3 is 10.1 Å². The van der Waals surface area contributed by atoms with Crippen LogP contribution in [0.25, 0.3) is 0 Å². The third-order valence-electron chi connectivity index (χ3n) is 3.13. The Balaban J connectivity index is 2.80. The van der Waals surface area contributed by atoms with E-state index in [9.17, 15) is 0 Å². The largest absolute Gasteiger partial charge is 0.379 e. The zero-order valence-electron chi connectivity index (χ0n) is 11.4. The van der Waals surface area contributed by atoms with Crippen molar-refractivity contribution < 1.29 is 4.74 Å². The number of nitrogens with one attached hydrogen (secondary N) is 1. The van der Waals surface area contributed by atoms with Gasteiger partial charge in [-0.05, 0) is 38.7 Å². The van der Waals surface area contributed by atoms with Crippen molar-refractivity contribution in [2.24, 2.45) is 0 Å². The molecule has 0 aliphatic carbocycles. The fourth-order valence-corrected chi connectivity index (χ4v) is 2.22. The molecule has 0 saturated heterocycles. The lowest BCUT2D eigenvalue weighted by Crippen LogP contribution is -2.41. The van der Waals surface area contributed by atoms with Gasteiger partial charge in [-0.1, -0.05) is 19.1 Å². The summed E-state index contributed by atoms with van der Waals surface area (Å²) < 4.78 is 5.50. The first-order chi connectivity index (χ1) is 8.01. The highest BCUT2D eigenvalue weighted by Crippen LogP contribution is 2.28. The van der Waals surface area contributed by atoms with Crippen molar-refractivity contribution in [2.45, 2.75) is 44.2 Å². The number of hydrogen-bond acceptors (Lipinski definition) is 3. The molecular weight excluding hydrogens is 230 g/mol. The number of thioether (sulfide) groups is 1. The van der Waals surface area contributed by atoms with Crippen LogP contribution in [0.2, 0.25) is 0 Å². The summed E-state index contributed by atoms with van der Waals surface area (Å²) in [6.07, 6.45) is 0. The minimum Gasteiger partial charge on any atom is -0.379 e. The van der Waals surface area contributed by atoms with Crippen LogP contribution < -0.4 is 5.32 Å². The van der Waals surface area contributed by atoms with Crippen LogP contribution in [0.4, 0.5) is 5.69 Å². The molecule has 0 spiro atoms. The summed E-state index contributed by atoms with van der Waals surface area (Å²) in [5.74, 6) is 1.08. The van der Waals surface area contributed by atoms with Gasteiger partial charge in [0, 0.05) is 17.7 Å². The summed E-state index contributed by atoms with van der Waals surface area (Å²) in [5, 5.41) is 3.54. The Bertz CT molecular complexity index is 352. The van der Waals surface area contributed by atoms with Gasteiger partial charge in [-0.3, -0.25) is 0 Å². The number of rotatable bonds is 6. The Hall–Kier alpha value is -0.670. The standard InChI is InChI=1S/C14H23NOS/c1-6-17-13-10-8-7-9-12(13)15-11(2)14(3,4)16-5/h7-11,15H,6H2,1-5H3. The highest BCUT2D eigenvalue weighted by molar-refractivity contribution is 7.99. The smallest absolute Gasteiger partial charge is 0.0820 e. The van der Waals surface area contributed by atoms with E-state index in [1.165, 1.54) is 10.6 Å². The van der Waals surface area contributed by atoms with Crippen molar-refractivity contribution in [3.63, 3.8) is 0 Å². The van der Waals surface area contributed by atoms with E-state index in [0.717, 1.165) is 5.75 Å². The zero-order valence-corrected chi connectivity index (χ0v) is 12.2. The Morgan fingerprint density at radius 3 is 2.59 bits per heavy atom. The second-order valence-electron chi connectivity index (χ2n) is 4.60. The van der Waals surface area contributed by atoms with Crippen molar-refractivity contribution >= 4 is 17.4 Å². The highest BCUT2D eigenvalue weighted by Gasteiger charge is 2.25. The first-order valence-corrected chi connectivity index (χ1v) is 7.03. The first-order valence-electron chi connectivity index (χ1n) is 6.04. The molecule has 0 saturated carbocycles. The van der Waals surface area contributed by atoms with Crippen LogP contribution in [0.5, 0.6) is 0 Å². The molecule has 1 unspecified atom stereocenters. The lowest BCUT2D eigenvalue weighted by molar-refractivity contribution is 0.0107. The van der Waals surface area contributed by atoms with Crippen LogP contribution in [-0.2, 0) is 4.74 Å². The molecule has 96 valence electrons. The lowest BCUT2D eigenvalue weighted by Gasteiger charge is -2.32. The van der Waals surface area contributed by atoms with Gasteiger partial charge in [0.1, 0.15) is 0 Å². The normalized spacial score (nSPS) is 13.5. The molecule has 3 heteroatoms. The van der Waals surface area contributed by atoms with Crippen LogP contribution in [0, 0.1) is 0 Å². The minimum atomic E-state index is -0.177. The van der Waals surface area contributed by atoms with Gasteiger partial charge in [0.15, 0.2) is 0 Å². The van der Waals surface area contributed by atoms with Gasteiger partial charge in [-0.15, -0.1) is 11.8 Å². The van der Waals surface area contributed by atoms with E-state index in [1.807, 2.05) is 11.8 Å². The molecule has 0 aliphatic heterocycles. The average Bonchev–Trinajstić information content (AvgIpc) is 2.32. The number of methoxy groups -OCH3 is 1. The van der Waals surface area contributed by atoms with Crippen LogP contribution in [0.15, 0.2) is 29.2 Å². The summed E-state index contributed by atoms with van der Waals surface area (Å²) in [7, 11) is 1.75. The summed E-state index contributed by atoms with van der Waals surface area (Å²) in [5.41, 5.74) is 1.02. The summed E-state index contributed by atoms with van der Waals surface area (Å²) in [6.45, 7) is 8.52. The minimum absolute atomic E-state index is 0.177. The van der Waals surface area contributed by atoms with Gasteiger partial charge in [-0.25, -0.2) is 0 Å². The van der Waals surface area contributed by atoms with E-state index < -0.39 is 0 Å². The monoisotopic (exact) mass is 253 g/mol. The first kappa shape index (κ1) is 14.4. The molecule has 0 aromatic heterocycles. The topological polar surface area (TPSA) is 21.3 Å². The third kappa shape index (κ3) is 3.93. The molecule has 0 bridgehead atoms. The Morgan fingerprint density at radius 1 is 1.35 bits per heavy atom. The Labute approximate surface area is 109 Å². The van der Waals surface area contributed by atoms with Crippen LogP contribution in [0.1, 0.15) is 27.7 Å². The molecule has 1 aromatic rings. The van der Waals surface area contributed by atoms with Crippen LogP contribution in [-0.4, -0.2) is 24.5 Å². The molecule has 1 aromatic carbocycles. The fraction of sp³-hybridized carbons (Fsp3) is 0.571. The second kappa shape index (κ2) is 6.31. The lowest BCUT2D eigenvalue weighted by atomic mass is 10.00. The summed E-state index contributed by atoms with van der Waals surface area (Å²) in [4.78, 5) is 1.30. The molecule has 1 N–H and O–H groups in total. The van der Waals surface area contributed by atoms with E-state index in [-0.39, 0.29) is 11.6 Å². The van der Waals surface area contributed by atoms with E-state index in [2.05, 4.69) is 57.3 Å². The number of benzene rings is 1. The maximum atomic E-state index is 5.50. The zero-order chi connectivity index (χ0) is 12.9. The predicted octanol–water partition coefficient (Wildman–Crippen LogP) is 4.02. The molecule has 1 rings (SSSR count). The predicted molar refractivity (Wildman–Crippen MR) is 77.0 cm³/mol. The number of hydrogen-bond donors (Lipinski definition) is 1. The van der Waals surface area contributed by atoms with Gasteiger partial charge in [-0.2, -0.15) is 0 Å². The number of anilines is 1. The van der Waals surface area contributed by atoms with Crippen molar-refractivity contribution in [1.82, 2.24) is 0 Å². The van der Waals surface area contributed by atoms with Crippen molar-refractivity contribution in [3.05, 3.63) is 24.3 Å². The van der Waals surface area contributed by atoms with Crippen molar-refractivity contribution in [1.29, 1.82) is 0 Å². The van der Waals surface area contributed by atoms with Gasteiger partial charge >= 0.3 is 0 Å². The van der Waals surface area contributed by atoms with E-state index in [4.69, 9.17) is 4.74 Å². The van der Waals surface area contributed by atoms with E-state index >= 15 is 0 Å². The van der Waals surface area contributed by atoms with Gasteiger partial charge in [0.2, 0.25) is 0 Å². The number of ether oxygens (including phenoxy) is 1. The highest BCUT2D eigenvalue weighted by atomic mass is 32.2. The maximum Gasteiger partial charge on any atom is 0.0820 e. The SMILES string of the molecule is CCSc1ccccc1NC(C)C(C)(C)OC. The Kier molecular flexibility index (Phi) is 5.34. The summed E-state index contributed by atoms with van der Waals surface area (Å²) in [6, 6.07) is 8.68. The van der Waals surface area contributed by atoms with E-state index in [0.29, 0.717) is 0 Å². The van der Waals surface area contributed by atoms with E-state index in [1.54, 1.807) is 7.11 Å². The van der Waals surface area contributed by atoms with Crippen LogP contribution >= 0.6 is 11.8 Å². The van der Waals surface area contributed by atoms with Crippen LogP contribution in [0.3, 0.4) is 0 Å². The second-order valence-corrected chi connectivity index (χ2v) is 5.91. The molecular formula is C14H23NOS. The van der Waals surface area contributed by atoms with Crippen molar-refractivity contribution in [2.75, 3.05) is 18.2 Å². The molecule has 0 radical (unpaired) electrons. The number of para-hydroxylation sites is 1. The van der Waals surface area contributed by atoms with Crippen molar-refractivity contribution in [3.8, 4) is 0 Å². The average molecular weight is 253 g/mol. The molecule has 0 aliphatic rings. The maximum absolute atomic E-state index is 5.50. The third-order valence-corrected chi connectivity index (χ3v) is 4.08. The fourth-order valence-electron chi connectivity index (χ4n) is 1.45. The molecule has 0 heterocycles. The van der Waals surface area contributed by atoms with Gasteiger partial charge in [0.25, 0.3) is 0 Å². The summed E-state index contributed by atoms with van der Waals surface area (Å²) >= 11 is 1.86. The Morgan fingerprint density at radius 2 is 2.00 bits per heavy atom. The molecule has 17 heavy (non-hydrogen) atoms.